The van der Waals surface area contributed by atoms with Gasteiger partial charge in [-0.3, -0.25) is 0 Å². The van der Waals surface area contributed by atoms with Crippen molar-refractivity contribution < 1.29 is 9.53 Å². The molecule has 6 heteroatoms. The lowest BCUT2D eigenvalue weighted by molar-refractivity contribution is 0.148. The first-order valence-electron chi connectivity index (χ1n) is 5.13. The van der Waals surface area contributed by atoms with E-state index in [0.717, 1.165) is 18.8 Å². The molecule has 0 saturated heterocycles. The van der Waals surface area contributed by atoms with Crippen LogP contribution in [0.15, 0.2) is 0 Å². The molecule has 0 aliphatic heterocycles. The first kappa shape index (κ1) is 17.3. The number of nitrogens with zero attached hydrogens (tertiary/aromatic N) is 1. The van der Waals surface area contributed by atoms with Crippen LogP contribution in [-0.4, -0.2) is 35.3 Å². The molecular formula is C9H22N2O2S2. The van der Waals surface area contributed by atoms with Gasteiger partial charge in [-0.05, 0) is 44.8 Å². The molecule has 1 N–H and O–H groups in total. The number of nitrogens with one attached hydrogen (secondary N) is 1. The maximum absolute atomic E-state index is 10.7. The van der Waals surface area contributed by atoms with Crippen molar-refractivity contribution >= 4 is 30.9 Å². The van der Waals surface area contributed by atoms with Gasteiger partial charge in [0.05, 0.1) is 6.61 Å². The van der Waals surface area contributed by atoms with Gasteiger partial charge in [-0.1, -0.05) is 20.8 Å². The zero-order valence-electron chi connectivity index (χ0n) is 9.95. The molecule has 0 heterocycles. The number of ether oxygens (including phenoxy) is 1. The van der Waals surface area contributed by atoms with Crippen LogP contribution >= 0.6 is 24.8 Å². The van der Waals surface area contributed by atoms with Crippen LogP contribution in [0, 0.1) is 0 Å². The monoisotopic (exact) mass is 254 g/mol. The van der Waals surface area contributed by atoms with E-state index >= 15 is 0 Å². The lowest BCUT2D eigenvalue weighted by Gasteiger charge is -2.11. The molecule has 92 valence electrons. The lowest BCUT2D eigenvalue weighted by atomic mass is 10.7. The van der Waals surface area contributed by atoms with Gasteiger partial charge in [0.15, 0.2) is 0 Å². The molecule has 0 saturated carbocycles. The molecule has 0 aliphatic rings. The van der Waals surface area contributed by atoms with Crippen LogP contribution in [-0.2, 0) is 4.74 Å². The van der Waals surface area contributed by atoms with Crippen molar-refractivity contribution in [2.75, 3.05) is 25.4 Å². The molecule has 0 fully saturated rings. The van der Waals surface area contributed by atoms with Gasteiger partial charge in [-0.15, -0.1) is 0 Å². The quantitative estimate of drug-likeness (QED) is 0.584. The third kappa shape index (κ3) is 13.9. The Bertz CT molecular complexity index is 146. The largest absolute Gasteiger partial charge is 0.448 e. The Labute approximate surface area is 103 Å². The summed E-state index contributed by atoms with van der Waals surface area (Å²) in [5.41, 5.74) is 0. The highest BCUT2D eigenvalue weighted by Gasteiger charge is 2.08. The van der Waals surface area contributed by atoms with E-state index in [2.05, 4.69) is 36.7 Å². The Morgan fingerprint density at radius 2 is 1.87 bits per heavy atom. The Morgan fingerprint density at radius 1 is 1.33 bits per heavy atom. The molecule has 4 nitrogen and oxygen atoms in total. The van der Waals surface area contributed by atoms with Crippen molar-refractivity contribution in [3.63, 3.8) is 0 Å². The second-order valence-electron chi connectivity index (χ2n) is 2.35. The first-order valence-corrected chi connectivity index (χ1v) is 6.47. The molecule has 0 bridgehead atoms. The molecule has 0 aliphatic carbocycles. The van der Waals surface area contributed by atoms with Gasteiger partial charge in [0.2, 0.25) is 0 Å². The predicted octanol–water partition coefficient (Wildman–Crippen LogP) is 2.57. The number of hydrogen-bond donors (Lipinski definition) is 2. The summed E-state index contributed by atoms with van der Waals surface area (Å²) in [5.74, 6) is 0.808. The summed E-state index contributed by atoms with van der Waals surface area (Å²) in [6.45, 7) is 10.5. The predicted molar refractivity (Wildman–Crippen MR) is 70.2 cm³/mol. The zero-order chi connectivity index (χ0) is 12.1. The van der Waals surface area contributed by atoms with E-state index in [1.165, 1.54) is 15.7 Å². The number of amides is 1. The fraction of sp³-hybridized carbons (Fsp3) is 0.889. The van der Waals surface area contributed by atoms with Gasteiger partial charge < -0.3 is 10.1 Å². The van der Waals surface area contributed by atoms with Gasteiger partial charge in [0.1, 0.15) is 0 Å². The third-order valence-electron chi connectivity index (χ3n) is 1.18. The van der Waals surface area contributed by atoms with E-state index < -0.39 is 6.09 Å². The van der Waals surface area contributed by atoms with Gasteiger partial charge in [0.25, 0.3) is 0 Å². The molecule has 0 spiro atoms. The van der Waals surface area contributed by atoms with Gasteiger partial charge in [0, 0.05) is 5.75 Å². The van der Waals surface area contributed by atoms with Crippen molar-refractivity contribution in [2.45, 2.75) is 27.7 Å². The van der Waals surface area contributed by atoms with Crippen molar-refractivity contribution in [1.29, 1.82) is 0 Å². The minimum Gasteiger partial charge on any atom is -0.448 e. The third-order valence-corrected chi connectivity index (χ3v) is 2.34. The summed E-state index contributed by atoms with van der Waals surface area (Å²) < 4.78 is 5.83. The van der Waals surface area contributed by atoms with E-state index in [9.17, 15) is 4.79 Å². The molecule has 0 rings (SSSR count). The van der Waals surface area contributed by atoms with Gasteiger partial charge in [-0.2, -0.15) is 3.71 Å². The molecule has 1 amide bonds. The number of carbonyl (C=O) groups excluding carboxylic acids is 1. The normalized spacial score (nSPS) is 8.87. The van der Waals surface area contributed by atoms with Crippen molar-refractivity contribution in [3.8, 4) is 0 Å². The first-order chi connectivity index (χ1) is 7.13. The molecule has 0 radical (unpaired) electrons. The maximum Gasteiger partial charge on any atom is 0.430 e. The van der Waals surface area contributed by atoms with Crippen molar-refractivity contribution in [3.05, 3.63) is 0 Å². The Kier molecular flexibility index (Phi) is 16.1. The number of carbonyl (C=O) groups is 1. The van der Waals surface area contributed by atoms with E-state index in [1.54, 1.807) is 6.92 Å². The van der Waals surface area contributed by atoms with E-state index in [1.807, 2.05) is 6.92 Å². The van der Waals surface area contributed by atoms with Crippen LogP contribution < -0.4 is 5.32 Å². The molecule has 0 aromatic rings. The van der Waals surface area contributed by atoms with E-state index in [4.69, 9.17) is 0 Å². The molecule has 15 heavy (non-hydrogen) atoms. The highest BCUT2D eigenvalue weighted by molar-refractivity contribution is 8.06. The van der Waals surface area contributed by atoms with Crippen LogP contribution in [0.2, 0.25) is 0 Å². The second kappa shape index (κ2) is 13.9. The maximum atomic E-state index is 10.7. The molecule has 0 unspecified atom stereocenters. The fourth-order valence-electron chi connectivity index (χ4n) is 0.604. The summed E-state index contributed by atoms with van der Waals surface area (Å²) in [4.78, 5) is 10.7. The summed E-state index contributed by atoms with van der Waals surface area (Å²) in [6.07, 6.45) is -0.405. The Balaban J connectivity index is 0. The molecule has 0 aromatic carbocycles. The van der Waals surface area contributed by atoms with Gasteiger partial charge >= 0.3 is 6.09 Å². The van der Waals surface area contributed by atoms with Crippen LogP contribution in [0.1, 0.15) is 27.7 Å². The van der Waals surface area contributed by atoms with E-state index in [-0.39, 0.29) is 0 Å². The SMILES string of the molecule is CCNCC.CCOC(=O)N(S)SCC. The average Bonchev–Trinajstić information content (AvgIpc) is 2.20. The highest BCUT2D eigenvalue weighted by Crippen LogP contribution is 2.12. The van der Waals surface area contributed by atoms with E-state index in [0.29, 0.717) is 6.61 Å². The summed E-state index contributed by atoms with van der Waals surface area (Å²) >= 11 is 5.16. The van der Waals surface area contributed by atoms with Crippen LogP contribution in [0.25, 0.3) is 0 Å². The summed E-state index contributed by atoms with van der Waals surface area (Å²) in [6, 6.07) is 0. The van der Waals surface area contributed by atoms with Crippen molar-refractivity contribution in [2.24, 2.45) is 0 Å². The van der Waals surface area contributed by atoms with Crippen LogP contribution in [0.3, 0.4) is 0 Å². The molecule has 0 atom stereocenters. The van der Waals surface area contributed by atoms with Crippen molar-refractivity contribution in [1.82, 2.24) is 9.03 Å². The number of rotatable bonds is 5. The van der Waals surface area contributed by atoms with Crippen LogP contribution in [0.5, 0.6) is 0 Å². The zero-order valence-corrected chi connectivity index (χ0v) is 11.7. The average molecular weight is 254 g/mol. The Morgan fingerprint density at radius 3 is 2.13 bits per heavy atom. The topological polar surface area (TPSA) is 41.6 Å². The highest BCUT2D eigenvalue weighted by atomic mass is 32.2. The summed E-state index contributed by atoms with van der Waals surface area (Å²) in [5, 5.41) is 3.11. The molecule has 0 aromatic heterocycles. The lowest BCUT2D eigenvalue weighted by Crippen LogP contribution is -2.15. The minimum atomic E-state index is -0.405. The smallest absolute Gasteiger partial charge is 0.430 e. The number of thiol groups is 1. The minimum absolute atomic E-state index is 0.389. The Hall–Kier alpha value is -0.0700. The fourth-order valence-corrected chi connectivity index (χ4v) is 1.41. The van der Waals surface area contributed by atoms with Crippen LogP contribution in [0.4, 0.5) is 4.79 Å². The summed E-state index contributed by atoms with van der Waals surface area (Å²) in [7, 11) is 0. The second-order valence-corrected chi connectivity index (χ2v) is 4.22. The number of hydrogen-bond acceptors (Lipinski definition) is 5. The van der Waals surface area contributed by atoms with Gasteiger partial charge in [-0.25, -0.2) is 4.79 Å². The standard InChI is InChI=1S/C5H11NO2S2.C4H11N/c1-3-8-5(7)6(9)10-4-2;1-3-5-4-2/h9H,3-4H2,1-2H3;5H,3-4H2,1-2H3. The molecular weight excluding hydrogens is 232 g/mol.